The summed E-state index contributed by atoms with van der Waals surface area (Å²) < 4.78 is 6.24. The van der Waals surface area contributed by atoms with Crippen LogP contribution in [-0.2, 0) is 5.41 Å². The van der Waals surface area contributed by atoms with Crippen LogP contribution >= 0.6 is 23.2 Å². The van der Waals surface area contributed by atoms with E-state index in [-0.39, 0.29) is 5.41 Å². The van der Waals surface area contributed by atoms with Gasteiger partial charge in [-0.15, -0.1) is 0 Å². The molecule has 1 saturated carbocycles. The first-order chi connectivity index (χ1) is 14.1. The van der Waals surface area contributed by atoms with Crippen LogP contribution in [0.2, 0.25) is 10.0 Å². The van der Waals surface area contributed by atoms with Gasteiger partial charge < -0.3 is 9.64 Å². The van der Waals surface area contributed by atoms with E-state index in [0.29, 0.717) is 11.8 Å². The van der Waals surface area contributed by atoms with Gasteiger partial charge in [-0.2, -0.15) is 0 Å². The number of piperidine rings is 1. The molecule has 0 amide bonds. The first kappa shape index (κ1) is 19.7. The van der Waals surface area contributed by atoms with Gasteiger partial charge in [-0.25, -0.2) is 0 Å². The van der Waals surface area contributed by atoms with E-state index in [2.05, 4.69) is 30.0 Å². The Balaban J connectivity index is 1.31. The first-order valence-electron chi connectivity index (χ1n) is 11.0. The van der Waals surface area contributed by atoms with Crippen LogP contribution in [0.1, 0.15) is 67.6 Å². The maximum atomic E-state index is 6.44. The topological polar surface area (TPSA) is 12.5 Å². The fourth-order valence-electron chi connectivity index (χ4n) is 5.37. The third-order valence-corrected chi connectivity index (χ3v) is 7.97. The Hall–Kier alpha value is -1.22. The number of benzene rings is 2. The number of unbranched alkanes of at least 4 members (excludes halogenated alkanes) is 1. The quantitative estimate of drug-likeness (QED) is 0.518. The van der Waals surface area contributed by atoms with Gasteiger partial charge in [-0.3, -0.25) is 0 Å². The van der Waals surface area contributed by atoms with Crippen LogP contribution < -0.4 is 4.74 Å². The molecule has 0 N–H and O–H groups in total. The van der Waals surface area contributed by atoms with E-state index in [1.54, 1.807) is 0 Å². The lowest BCUT2D eigenvalue weighted by atomic mass is 9.74. The molecule has 3 aliphatic rings. The van der Waals surface area contributed by atoms with E-state index in [1.807, 2.05) is 18.2 Å². The zero-order valence-electron chi connectivity index (χ0n) is 17.1. The number of nitrogens with zero attached hydrogens (tertiary/aromatic N) is 1. The van der Waals surface area contributed by atoms with Crippen molar-refractivity contribution < 1.29 is 4.74 Å². The molecule has 0 aromatic heterocycles. The van der Waals surface area contributed by atoms with Crippen LogP contribution in [0.15, 0.2) is 36.4 Å². The Morgan fingerprint density at radius 1 is 1.07 bits per heavy atom. The van der Waals surface area contributed by atoms with Gasteiger partial charge in [0.25, 0.3) is 0 Å². The minimum absolute atomic E-state index is 0.228. The van der Waals surface area contributed by atoms with Gasteiger partial charge >= 0.3 is 0 Å². The Bertz CT molecular complexity index is 883. The van der Waals surface area contributed by atoms with Gasteiger partial charge in [0.15, 0.2) is 0 Å². The molecule has 2 aromatic carbocycles. The third-order valence-electron chi connectivity index (χ3n) is 7.31. The zero-order valence-corrected chi connectivity index (χ0v) is 18.6. The summed E-state index contributed by atoms with van der Waals surface area (Å²) in [5.74, 6) is 2.03. The monoisotopic (exact) mass is 429 g/mol. The van der Waals surface area contributed by atoms with Gasteiger partial charge in [-0.05, 0) is 86.5 Å². The second-order valence-corrected chi connectivity index (χ2v) is 9.92. The van der Waals surface area contributed by atoms with Crippen molar-refractivity contribution in [3.8, 4) is 5.75 Å². The van der Waals surface area contributed by atoms with Gasteiger partial charge in [0, 0.05) is 21.0 Å². The van der Waals surface area contributed by atoms with Crippen LogP contribution in [0.5, 0.6) is 5.75 Å². The van der Waals surface area contributed by atoms with Gasteiger partial charge in [0.05, 0.1) is 6.61 Å². The molecule has 2 aliphatic heterocycles. The maximum absolute atomic E-state index is 6.44. The first-order valence-corrected chi connectivity index (χ1v) is 11.8. The molecular weight excluding hydrogens is 401 g/mol. The minimum Gasteiger partial charge on any atom is -0.492 e. The highest BCUT2D eigenvalue weighted by atomic mass is 35.5. The molecule has 4 heteroatoms. The van der Waals surface area contributed by atoms with Gasteiger partial charge in [0.2, 0.25) is 0 Å². The summed E-state index contributed by atoms with van der Waals surface area (Å²) in [7, 11) is 0. The van der Waals surface area contributed by atoms with E-state index >= 15 is 0 Å². The second kappa shape index (κ2) is 7.80. The van der Waals surface area contributed by atoms with E-state index in [9.17, 15) is 0 Å². The average Bonchev–Trinajstić information content (AvgIpc) is 3.44. The largest absolute Gasteiger partial charge is 0.492 e. The molecule has 2 fully saturated rings. The number of hydrogen-bond donors (Lipinski definition) is 0. The predicted molar refractivity (Wildman–Crippen MR) is 121 cm³/mol. The smallest absolute Gasteiger partial charge is 0.123 e. The Morgan fingerprint density at radius 2 is 1.83 bits per heavy atom. The molecule has 2 heterocycles. The lowest BCUT2D eigenvalue weighted by molar-refractivity contribution is 0.134. The highest BCUT2D eigenvalue weighted by Crippen LogP contribution is 2.59. The number of ether oxygens (including phenoxy) is 1. The Morgan fingerprint density at radius 3 is 2.55 bits per heavy atom. The summed E-state index contributed by atoms with van der Waals surface area (Å²) in [5, 5.41) is 1.58. The lowest BCUT2D eigenvalue weighted by Gasteiger charge is -2.38. The summed E-state index contributed by atoms with van der Waals surface area (Å²) >= 11 is 12.9. The summed E-state index contributed by atoms with van der Waals surface area (Å²) in [6, 6.07) is 12.8. The number of likely N-dealkylation sites (tertiary alicyclic amines) is 1. The van der Waals surface area contributed by atoms with Crippen LogP contribution in [0.3, 0.4) is 0 Å². The third kappa shape index (κ3) is 3.58. The van der Waals surface area contributed by atoms with E-state index in [1.165, 1.54) is 56.4 Å². The Kier molecular flexibility index (Phi) is 5.30. The molecule has 2 aromatic rings. The van der Waals surface area contributed by atoms with E-state index < -0.39 is 0 Å². The zero-order chi connectivity index (χ0) is 20.0. The molecule has 29 heavy (non-hydrogen) atoms. The van der Waals surface area contributed by atoms with E-state index in [0.717, 1.165) is 34.4 Å². The molecule has 2 nitrogen and oxygen atoms in total. The van der Waals surface area contributed by atoms with E-state index in [4.69, 9.17) is 27.9 Å². The molecule has 2 atom stereocenters. The second-order valence-electron chi connectivity index (χ2n) is 9.10. The molecule has 0 radical (unpaired) electrons. The number of fused-ring (bicyclic) bond motifs is 2. The Labute approximate surface area is 184 Å². The standard InChI is InChI=1S/C25H29Cl2NO/c1-2-3-11-28-12-9-25(10-13-28)16-29-23-14-17(7-8-20(23)25)18-15-19(18)24-21(26)5-4-6-22(24)27/h4-8,14,18-19H,2-3,9-13,15-16H2,1H3. The highest BCUT2D eigenvalue weighted by molar-refractivity contribution is 6.36. The normalized spacial score (nSPS) is 25.1. The minimum atomic E-state index is 0.228. The van der Waals surface area contributed by atoms with Crippen LogP contribution in [-0.4, -0.2) is 31.1 Å². The molecular formula is C25H29Cl2NO. The van der Waals surface area contributed by atoms with Crippen molar-refractivity contribution in [2.24, 2.45) is 0 Å². The molecule has 2 unspecified atom stereocenters. The van der Waals surface area contributed by atoms with Crippen LogP contribution in [0.25, 0.3) is 0 Å². The van der Waals surface area contributed by atoms with Gasteiger partial charge in [0.1, 0.15) is 5.75 Å². The fraction of sp³-hybridized carbons (Fsp3) is 0.520. The predicted octanol–water partition coefficient (Wildman–Crippen LogP) is 6.79. The van der Waals surface area contributed by atoms with Crippen molar-refractivity contribution >= 4 is 23.2 Å². The SMILES string of the molecule is CCCCN1CCC2(CC1)COc1cc(C3CC3c3c(Cl)cccc3Cl)ccc12. The number of halogens is 2. The molecule has 154 valence electrons. The average molecular weight is 430 g/mol. The number of rotatable bonds is 5. The summed E-state index contributed by atoms with van der Waals surface area (Å²) in [4.78, 5) is 2.63. The lowest BCUT2D eigenvalue weighted by Crippen LogP contribution is -2.43. The molecule has 1 aliphatic carbocycles. The van der Waals surface area contributed by atoms with Crippen molar-refractivity contribution in [3.05, 3.63) is 63.1 Å². The summed E-state index contributed by atoms with van der Waals surface area (Å²) in [5.41, 5.74) is 4.13. The molecule has 1 saturated heterocycles. The van der Waals surface area contributed by atoms with Crippen molar-refractivity contribution in [3.63, 3.8) is 0 Å². The van der Waals surface area contributed by atoms with Gasteiger partial charge in [-0.1, -0.05) is 54.7 Å². The molecule has 1 spiro atoms. The maximum Gasteiger partial charge on any atom is 0.123 e. The van der Waals surface area contributed by atoms with Crippen molar-refractivity contribution in [1.29, 1.82) is 0 Å². The van der Waals surface area contributed by atoms with Crippen molar-refractivity contribution in [1.82, 2.24) is 4.90 Å². The van der Waals surface area contributed by atoms with Crippen molar-refractivity contribution in [2.75, 3.05) is 26.2 Å². The highest BCUT2D eigenvalue weighted by Gasteiger charge is 2.45. The van der Waals surface area contributed by atoms with Crippen molar-refractivity contribution in [2.45, 2.75) is 56.3 Å². The number of hydrogen-bond acceptors (Lipinski definition) is 2. The fourth-order valence-corrected chi connectivity index (χ4v) is 6.05. The molecule has 0 bridgehead atoms. The molecule has 5 rings (SSSR count). The summed E-state index contributed by atoms with van der Waals surface area (Å²) in [6.45, 7) is 6.75. The van der Waals surface area contributed by atoms with Crippen LogP contribution in [0.4, 0.5) is 0 Å². The summed E-state index contributed by atoms with van der Waals surface area (Å²) in [6.07, 6.45) is 6.12. The van der Waals surface area contributed by atoms with Crippen LogP contribution in [0, 0.1) is 0 Å².